The van der Waals surface area contributed by atoms with Crippen LogP contribution in [0.25, 0.3) is 0 Å². The SMILES string of the molecule is CC(N)=NC(=N)C(C)C.COC=O. The number of hydrogen-bond donors (Lipinski definition) is 2. The van der Waals surface area contributed by atoms with Gasteiger partial charge in [-0.25, -0.2) is 4.99 Å². The van der Waals surface area contributed by atoms with E-state index in [9.17, 15) is 0 Å². The van der Waals surface area contributed by atoms with Crippen molar-refractivity contribution in [2.24, 2.45) is 16.6 Å². The summed E-state index contributed by atoms with van der Waals surface area (Å²) in [5, 5.41) is 7.21. The number of carbonyl (C=O) groups excluding carboxylic acids is 1. The lowest BCUT2D eigenvalue weighted by atomic mass is 10.2. The van der Waals surface area contributed by atoms with E-state index in [0.717, 1.165) is 0 Å². The third-order valence-electron chi connectivity index (χ3n) is 0.940. The Kier molecular flexibility index (Phi) is 9.48. The molecule has 0 amide bonds. The average Bonchev–Trinajstić information content (AvgIpc) is 2.03. The van der Waals surface area contributed by atoms with Crippen LogP contribution in [0.3, 0.4) is 0 Å². The van der Waals surface area contributed by atoms with Crippen molar-refractivity contribution in [3.05, 3.63) is 0 Å². The van der Waals surface area contributed by atoms with Crippen LogP contribution >= 0.6 is 0 Å². The van der Waals surface area contributed by atoms with Gasteiger partial charge in [-0.3, -0.25) is 10.2 Å². The van der Waals surface area contributed by atoms with Crippen LogP contribution in [0.5, 0.6) is 0 Å². The van der Waals surface area contributed by atoms with Gasteiger partial charge in [-0.05, 0) is 6.92 Å². The number of rotatable bonds is 2. The van der Waals surface area contributed by atoms with Gasteiger partial charge in [0.05, 0.1) is 12.9 Å². The second kappa shape index (κ2) is 8.70. The second-order valence-electron chi connectivity index (χ2n) is 2.63. The Hall–Kier alpha value is -1.39. The Morgan fingerprint density at radius 1 is 1.62 bits per heavy atom. The summed E-state index contributed by atoms with van der Waals surface area (Å²) in [4.78, 5) is 12.7. The number of ether oxygens (including phenoxy) is 1. The smallest absolute Gasteiger partial charge is 0.292 e. The van der Waals surface area contributed by atoms with Crippen molar-refractivity contribution in [2.45, 2.75) is 20.8 Å². The highest BCUT2D eigenvalue weighted by atomic mass is 16.5. The van der Waals surface area contributed by atoms with Crippen molar-refractivity contribution >= 4 is 18.1 Å². The number of nitrogens with two attached hydrogens (primary N) is 1. The monoisotopic (exact) mass is 187 g/mol. The number of aliphatic imine (C=N–C) groups is 1. The average molecular weight is 187 g/mol. The molecule has 3 N–H and O–H groups in total. The van der Waals surface area contributed by atoms with Gasteiger partial charge in [-0.2, -0.15) is 0 Å². The van der Waals surface area contributed by atoms with Crippen molar-refractivity contribution in [2.75, 3.05) is 7.11 Å². The molecule has 0 aliphatic rings. The molecule has 0 atom stereocenters. The molecule has 5 nitrogen and oxygen atoms in total. The van der Waals surface area contributed by atoms with Crippen LogP contribution in [0.4, 0.5) is 0 Å². The standard InChI is InChI=1S/C6H13N3.C2H4O2/c1-4(2)6(8)9-5(3)7;1-4-2-3/h4H,1-3H3,(H3,7,8,9);2H,1H3. The lowest BCUT2D eigenvalue weighted by Crippen LogP contribution is -2.11. The van der Waals surface area contributed by atoms with Gasteiger partial charge in [0.1, 0.15) is 5.84 Å². The molecule has 0 aromatic carbocycles. The highest BCUT2D eigenvalue weighted by molar-refractivity contribution is 5.94. The summed E-state index contributed by atoms with van der Waals surface area (Å²) < 4.78 is 3.86. The van der Waals surface area contributed by atoms with Crippen molar-refractivity contribution in [1.29, 1.82) is 5.41 Å². The van der Waals surface area contributed by atoms with E-state index in [-0.39, 0.29) is 5.92 Å². The van der Waals surface area contributed by atoms with Crippen LogP contribution in [0, 0.1) is 11.3 Å². The zero-order valence-corrected chi connectivity index (χ0v) is 8.50. The molecule has 0 unspecified atom stereocenters. The normalized spacial score (nSPS) is 10.1. The molecule has 0 heterocycles. The molecule has 0 bridgehead atoms. The fourth-order valence-corrected chi connectivity index (χ4v) is 0.319. The van der Waals surface area contributed by atoms with Gasteiger partial charge >= 0.3 is 0 Å². The highest BCUT2D eigenvalue weighted by Crippen LogP contribution is 1.94. The third-order valence-corrected chi connectivity index (χ3v) is 0.940. The second-order valence-corrected chi connectivity index (χ2v) is 2.63. The molecule has 0 aliphatic carbocycles. The highest BCUT2D eigenvalue weighted by Gasteiger charge is 1.98. The van der Waals surface area contributed by atoms with E-state index in [1.54, 1.807) is 6.92 Å². The first kappa shape index (κ1) is 14.2. The Balaban J connectivity index is 0. The molecule has 0 fully saturated rings. The topological polar surface area (TPSA) is 88.5 Å². The van der Waals surface area contributed by atoms with Crippen molar-refractivity contribution in [3.63, 3.8) is 0 Å². The van der Waals surface area contributed by atoms with Gasteiger partial charge in [0.15, 0.2) is 0 Å². The van der Waals surface area contributed by atoms with Crippen LogP contribution in [-0.2, 0) is 9.53 Å². The van der Waals surface area contributed by atoms with Crippen LogP contribution < -0.4 is 5.73 Å². The Morgan fingerprint density at radius 3 is 2.08 bits per heavy atom. The van der Waals surface area contributed by atoms with E-state index < -0.39 is 0 Å². The lowest BCUT2D eigenvalue weighted by molar-refractivity contribution is -0.126. The molecule has 76 valence electrons. The van der Waals surface area contributed by atoms with E-state index in [1.165, 1.54) is 7.11 Å². The summed E-state index contributed by atoms with van der Waals surface area (Å²) in [6, 6.07) is 0. The first-order valence-electron chi connectivity index (χ1n) is 3.81. The Bertz CT molecular complexity index is 184. The fraction of sp³-hybridized carbons (Fsp3) is 0.625. The predicted molar refractivity (Wildman–Crippen MR) is 52.9 cm³/mol. The van der Waals surface area contributed by atoms with Gasteiger partial charge in [0.2, 0.25) is 0 Å². The number of amidine groups is 2. The molecule has 0 saturated heterocycles. The summed E-state index contributed by atoms with van der Waals surface area (Å²) in [5.41, 5.74) is 5.24. The molecule has 5 heteroatoms. The predicted octanol–water partition coefficient (Wildman–Crippen LogP) is 0.786. The van der Waals surface area contributed by atoms with E-state index in [2.05, 4.69) is 9.73 Å². The summed E-state index contributed by atoms with van der Waals surface area (Å²) in [5.74, 6) is 0.965. The van der Waals surface area contributed by atoms with Crippen molar-refractivity contribution in [3.8, 4) is 0 Å². The Labute approximate surface area is 78.5 Å². The first-order valence-corrected chi connectivity index (χ1v) is 3.81. The summed E-state index contributed by atoms with van der Waals surface area (Å²) in [7, 11) is 1.31. The minimum Gasteiger partial charge on any atom is -0.471 e. The van der Waals surface area contributed by atoms with Crippen molar-refractivity contribution < 1.29 is 9.53 Å². The molecular weight excluding hydrogens is 170 g/mol. The number of nitrogens with one attached hydrogen (secondary N) is 1. The molecule has 0 aromatic rings. The quantitative estimate of drug-likeness (QED) is 0.380. The van der Waals surface area contributed by atoms with Gasteiger partial charge in [-0.1, -0.05) is 13.8 Å². The van der Waals surface area contributed by atoms with E-state index in [4.69, 9.17) is 15.9 Å². The summed E-state index contributed by atoms with van der Waals surface area (Å²) in [6.45, 7) is 5.88. The maximum absolute atomic E-state index is 8.95. The van der Waals surface area contributed by atoms with Crippen LogP contribution in [0.15, 0.2) is 4.99 Å². The molecule has 13 heavy (non-hydrogen) atoms. The molecule has 0 rings (SSSR count). The first-order chi connectivity index (χ1) is 5.95. The molecule has 0 saturated carbocycles. The van der Waals surface area contributed by atoms with Crippen LogP contribution in [0.1, 0.15) is 20.8 Å². The number of hydrogen-bond acceptors (Lipinski definition) is 3. The van der Waals surface area contributed by atoms with E-state index in [0.29, 0.717) is 18.1 Å². The van der Waals surface area contributed by atoms with Gasteiger partial charge in [0.25, 0.3) is 6.47 Å². The zero-order valence-electron chi connectivity index (χ0n) is 8.50. The Morgan fingerprint density at radius 2 is 2.00 bits per heavy atom. The third kappa shape index (κ3) is 13.6. The maximum Gasteiger partial charge on any atom is 0.292 e. The molecule has 0 aromatic heterocycles. The zero-order chi connectivity index (χ0) is 10.9. The lowest BCUT2D eigenvalue weighted by Gasteiger charge is -1.99. The van der Waals surface area contributed by atoms with E-state index >= 15 is 0 Å². The van der Waals surface area contributed by atoms with Gasteiger partial charge in [0, 0.05) is 5.92 Å². The summed E-state index contributed by atoms with van der Waals surface area (Å²) >= 11 is 0. The van der Waals surface area contributed by atoms with Gasteiger partial charge in [-0.15, -0.1) is 0 Å². The number of nitrogens with zero attached hydrogens (tertiary/aromatic N) is 1. The minimum absolute atomic E-state index is 0.170. The minimum atomic E-state index is 0.170. The molecule has 0 radical (unpaired) electrons. The fourth-order valence-electron chi connectivity index (χ4n) is 0.319. The van der Waals surface area contributed by atoms with Gasteiger partial charge < -0.3 is 10.5 Å². The number of carbonyl (C=O) groups is 1. The molecule has 0 aliphatic heterocycles. The number of methoxy groups -OCH3 is 1. The molecule has 0 spiro atoms. The van der Waals surface area contributed by atoms with Crippen LogP contribution in [-0.4, -0.2) is 25.3 Å². The maximum atomic E-state index is 8.95. The van der Waals surface area contributed by atoms with E-state index in [1.807, 2.05) is 13.8 Å². The summed E-state index contributed by atoms with van der Waals surface area (Å²) in [6.07, 6.45) is 0. The molecular formula is C8H17N3O2. The van der Waals surface area contributed by atoms with Crippen LogP contribution in [0.2, 0.25) is 0 Å². The largest absolute Gasteiger partial charge is 0.471 e. The van der Waals surface area contributed by atoms with Crippen molar-refractivity contribution in [1.82, 2.24) is 0 Å².